The minimum atomic E-state index is -0.378. The molecule has 3 rings (SSSR count). The van der Waals surface area contributed by atoms with Crippen molar-refractivity contribution < 1.29 is 14.3 Å². The second-order valence-corrected chi connectivity index (χ2v) is 8.68. The maximum Gasteiger partial charge on any atom is 0.261 e. The van der Waals surface area contributed by atoms with Gasteiger partial charge in [0.2, 0.25) is 0 Å². The molecule has 0 bridgehead atoms. The molecule has 0 saturated heterocycles. The highest BCUT2D eigenvalue weighted by molar-refractivity contribution is 9.10. The van der Waals surface area contributed by atoms with Gasteiger partial charge in [0.1, 0.15) is 11.5 Å². The molecule has 0 aliphatic rings. The summed E-state index contributed by atoms with van der Waals surface area (Å²) in [5.41, 5.74) is 2.08. The summed E-state index contributed by atoms with van der Waals surface area (Å²) in [6, 6.07) is 10.9. The molecule has 0 saturated carbocycles. The van der Waals surface area contributed by atoms with Crippen molar-refractivity contribution in [3.05, 3.63) is 56.3 Å². The molecule has 0 aliphatic heterocycles. The van der Waals surface area contributed by atoms with Crippen LogP contribution in [0.25, 0.3) is 11.3 Å². The lowest BCUT2D eigenvalue weighted by Crippen LogP contribution is -2.34. The lowest BCUT2D eigenvalue weighted by Gasteiger charge is -2.10. The van der Waals surface area contributed by atoms with E-state index in [1.165, 1.54) is 18.4 Å². The Bertz CT molecular complexity index is 1070. The van der Waals surface area contributed by atoms with Crippen LogP contribution >= 0.6 is 55.4 Å². The molecular weight excluding hydrogens is 542 g/mol. The van der Waals surface area contributed by atoms with E-state index < -0.39 is 0 Å². The molecule has 0 aliphatic carbocycles. The minimum Gasteiger partial charge on any atom is -0.496 e. The highest BCUT2D eigenvalue weighted by Crippen LogP contribution is 2.32. The highest BCUT2D eigenvalue weighted by Gasteiger charge is 2.15. The number of aromatic nitrogens is 1. The number of hydrogen-bond acceptors (Lipinski definition) is 6. The van der Waals surface area contributed by atoms with Gasteiger partial charge in [0, 0.05) is 15.4 Å². The number of carbonyl (C=O) groups excluding carboxylic acids is 1. The molecule has 6 nitrogen and oxygen atoms in total. The zero-order chi connectivity index (χ0) is 21.0. The molecule has 0 atom stereocenters. The fraction of sp³-hybridized carbons (Fsp3) is 0.105. The van der Waals surface area contributed by atoms with E-state index in [1.54, 1.807) is 25.3 Å². The first kappa shape index (κ1) is 21.7. The molecule has 1 aromatic heterocycles. The van der Waals surface area contributed by atoms with Crippen molar-refractivity contribution in [2.45, 2.75) is 0 Å². The zero-order valence-electron chi connectivity index (χ0n) is 15.3. The average molecular weight is 557 g/mol. The molecule has 1 amide bonds. The predicted molar refractivity (Wildman–Crippen MR) is 126 cm³/mol. The number of rotatable bonds is 5. The van der Waals surface area contributed by atoms with Crippen LogP contribution < -0.4 is 20.1 Å². The molecule has 0 fully saturated rings. The van der Waals surface area contributed by atoms with Crippen LogP contribution in [0.1, 0.15) is 10.4 Å². The number of anilines is 1. The smallest absolute Gasteiger partial charge is 0.261 e. The maximum atomic E-state index is 12.5. The van der Waals surface area contributed by atoms with E-state index in [9.17, 15) is 4.79 Å². The third-order valence-corrected chi connectivity index (χ3v) is 5.88. The largest absolute Gasteiger partial charge is 0.496 e. The maximum absolute atomic E-state index is 12.5. The van der Waals surface area contributed by atoms with Crippen molar-refractivity contribution in [1.82, 2.24) is 10.3 Å². The third-order valence-electron chi connectivity index (χ3n) is 3.81. The number of hydrogen-bond donors (Lipinski definition) is 2. The second-order valence-electron chi connectivity index (χ2n) is 5.64. The summed E-state index contributed by atoms with van der Waals surface area (Å²) in [4.78, 5) is 17.0. The molecular formula is C19H15Br2N3O3S2. The van der Waals surface area contributed by atoms with E-state index in [1.807, 2.05) is 23.6 Å². The number of halogens is 2. The van der Waals surface area contributed by atoms with Gasteiger partial charge in [-0.25, -0.2) is 4.98 Å². The van der Waals surface area contributed by atoms with Crippen LogP contribution in [0, 0.1) is 0 Å². The standard InChI is InChI=1S/C19H15Br2N3O3S2/c1-26-15-6-4-11(20)8-12(15)17(25)23-18(28)24-19-22-14(9-29-19)10-3-5-16(27-2)13(21)7-10/h3-9H,1-2H3,(H2,22,23,24,25,28). The van der Waals surface area contributed by atoms with Crippen LogP contribution in [0.4, 0.5) is 5.13 Å². The van der Waals surface area contributed by atoms with Crippen molar-refractivity contribution in [3.63, 3.8) is 0 Å². The van der Waals surface area contributed by atoms with Gasteiger partial charge in [0.25, 0.3) is 5.91 Å². The van der Waals surface area contributed by atoms with Gasteiger partial charge in [-0.3, -0.25) is 10.1 Å². The van der Waals surface area contributed by atoms with Crippen LogP contribution in [0.15, 0.2) is 50.7 Å². The Balaban J connectivity index is 1.68. The number of benzene rings is 2. The molecule has 150 valence electrons. The molecule has 10 heteroatoms. The van der Waals surface area contributed by atoms with Gasteiger partial charge in [-0.15, -0.1) is 11.3 Å². The summed E-state index contributed by atoms with van der Waals surface area (Å²) >= 11 is 13.5. The monoisotopic (exact) mass is 555 g/mol. The van der Waals surface area contributed by atoms with Gasteiger partial charge < -0.3 is 14.8 Å². The van der Waals surface area contributed by atoms with E-state index in [0.29, 0.717) is 16.4 Å². The Hall–Kier alpha value is -2.01. The van der Waals surface area contributed by atoms with Gasteiger partial charge in [0.05, 0.1) is 29.9 Å². The van der Waals surface area contributed by atoms with Crippen molar-refractivity contribution in [2.75, 3.05) is 19.5 Å². The number of ether oxygens (including phenoxy) is 2. The summed E-state index contributed by atoms with van der Waals surface area (Å²) in [6.07, 6.45) is 0. The number of nitrogens with zero attached hydrogens (tertiary/aromatic N) is 1. The average Bonchev–Trinajstić information content (AvgIpc) is 3.16. The molecule has 0 unspecified atom stereocenters. The summed E-state index contributed by atoms with van der Waals surface area (Å²) in [5, 5.41) is 8.20. The fourth-order valence-corrected chi connectivity index (χ4v) is 4.33. The number of amides is 1. The lowest BCUT2D eigenvalue weighted by molar-refractivity contribution is 0.0974. The number of thiazole rings is 1. The summed E-state index contributed by atoms with van der Waals surface area (Å²) in [7, 11) is 3.12. The molecule has 29 heavy (non-hydrogen) atoms. The lowest BCUT2D eigenvalue weighted by atomic mass is 10.2. The number of nitrogens with one attached hydrogen (secondary N) is 2. The van der Waals surface area contributed by atoms with Crippen molar-refractivity contribution in [3.8, 4) is 22.8 Å². The highest BCUT2D eigenvalue weighted by atomic mass is 79.9. The van der Waals surface area contributed by atoms with Crippen LogP contribution in [0.2, 0.25) is 0 Å². The van der Waals surface area contributed by atoms with E-state index in [4.69, 9.17) is 21.7 Å². The topological polar surface area (TPSA) is 72.5 Å². The molecule has 1 heterocycles. The number of methoxy groups -OCH3 is 2. The predicted octanol–water partition coefficient (Wildman–Crippen LogP) is 5.48. The molecule has 2 aromatic carbocycles. The zero-order valence-corrected chi connectivity index (χ0v) is 20.1. The Kier molecular flexibility index (Phi) is 7.23. The van der Waals surface area contributed by atoms with Crippen LogP contribution in [0.3, 0.4) is 0 Å². The van der Waals surface area contributed by atoms with Crippen LogP contribution in [-0.4, -0.2) is 30.2 Å². The van der Waals surface area contributed by atoms with Crippen molar-refractivity contribution >= 4 is 71.6 Å². The van der Waals surface area contributed by atoms with Crippen molar-refractivity contribution in [2.24, 2.45) is 0 Å². The van der Waals surface area contributed by atoms with Gasteiger partial charge in [0.15, 0.2) is 10.2 Å². The molecule has 2 N–H and O–H groups in total. The first-order chi connectivity index (χ1) is 13.9. The van der Waals surface area contributed by atoms with Gasteiger partial charge in [-0.05, 0) is 64.5 Å². The fourth-order valence-electron chi connectivity index (χ4n) is 2.45. The second kappa shape index (κ2) is 9.66. The van der Waals surface area contributed by atoms with E-state index in [-0.39, 0.29) is 11.0 Å². The van der Waals surface area contributed by atoms with E-state index in [0.717, 1.165) is 26.0 Å². The molecule has 0 spiro atoms. The number of carbonyl (C=O) groups is 1. The Labute approximate surface area is 193 Å². The van der Waals surface area contributed by atoms with Crippen molar-refractivity contribution in [1.29, 1.82) is 0 Å². The SMILES string of the molecule is COc1ccc(-c2csc(NC(=S)NC(=O)c3cc(Br)ccc3OC)n2)cc1Br. The quantitative estimate of drug-likeness (QED) is 0.405. The third kappa shape index (κ3) is 5.33. The first-order valence-corrected chi connectivity index (χ1v) is 11.0. The Morgan fingerprint density at radius 2 is 1.83 bits per heavy atom. The minimum absolute atomic E-state index is 0.147. The molecule has 3 aromatic rings. The van der Waals surface area contributed by atoms with Gasteiger partial charge in [-0.2, -0.15) is 0 Å². The summed E-state index contributed by atoms with van der Waals surface area (Å²) < 4.78 is 12.1. The van der Waals surface area contributed by atoms with Gasteiger partial charge >= 0.3 is 0 Å². The molecule has 0 radical (unpaired) electrons. The normalized spacial score (nSPS) is 10.3. The number of thiocarbonyl (C=S) groups is 1. The first-order valence-electron chi connectivity index (χ1n) is 8.16. The Morgan fingerprint density at radius 1 is 1.10 bits per heavy atom. The Morgan fingerprint density at radius 3 is 2.52 bits per heavy atom. The van der Waals surface area contributed by atoms with E-state index in [2.05, 4.69) is 47.5 Å². The summed E-state index contributed by atoms with van der Waals surface area (Å²) in [6.45, 7) is 0. The summed E-state index contributed by atoms with van der Waals surface area (Å²) in [5.74, 6) is 0.820. The van der Waals surface area contributed by atoms with Crippen LogP contribution in [-0.2, 0) is 0 Å². The van der Waals surface area contributed by atoms with Crippen LogP contribution in [0.5, 0.6) is 11.5 Å². The van der Waals surface area contributed by atoms with E-state index >= 15 is 0 Å². The van der Waals surface area contributed by atoms with Gasteiger partial charge in [-0.1, -0.05) is 15.9 Å².